The molecule has 0 radical (unpaired) electrons. The molecule has 5 rings (SSSR count). The molecule has 3 heterocycles. The number of halogens is 1. The average Bonchev–Trinajstić information content (AvgIpc) is 3.46. The molecule has 1 fully saturated rings. The summed E-state index contributed by atoms with van der Waals surface area (Å²) in [5.74, 6) is 2.77. The van der Waals surface area contributed by atoms with Crippen molar-refractivity contribution in [1.82, 2.24) is 34.5 Å². The second-order valence-corrected chi connectivity index (χ2v) is 8.08. The maximum atomic E-state index is 6.12. The lowest BCUT2D eigenvalue weighted by atomic mass is 9.86. The molecule has 0 bridgehead atoms. The largest absolute Gasteiger partial charge is 0.474 e. The Morgan fingerprint density at radius 3 is 2.55 bits per heavy atom. The van der Waals surface area contributed by atoms with E-state index >= 15 is 0 Å². The van der Waals surface area contributed by atoms with E-state index in [1.807, 2.05) is 42.5 Å². The molecule has 0 saturated heterocycles. The molecule has 1 aliphatic rings. The van der Waals surface area contributed by atoms with Gasteiger partial charge >= 0.3 is 0 Å². The molecule has 0 aliphatic heterocycles. The maximum absolute atomic E-state index is 6.12. The molecule has 9 heteroatoms. The summed E-state index contributed by atoms with van der Waals surface area (Å²) in [7, 11) is 0. The first-order chi connectivity index (χ1) is 15.3. The van der Waals surface area contributed by atoms with E-state index in [-0.39, 0.29) is 6.10 Å². The molecule has 8 nitrogen and oxygen atoms in total. The van der Waals surface area contributed by atoms with Gasteiger partial charge in [-0.25, -0.2) is 14.6 Å². The summed E-state index contributed by atoms with van der Waals surface area (Å²) in [5.41, 5.74) is 0.992. The average molecular weight is 436 g/mol. The molecule has 1 saturated carbocycles. The van der Waals surface area contributed by atoms with Gasteiger partial charge < -0.3 is 4.74 Å². The van der Waals surface area contributed by atoms with Gasteiger partial charge in [0.2, 0.25) is 5.88 Å². The Labute approximate surface area is 184 Å². The van der Waals surface area contributed by atoms with Crippen molar-refractivity contribution in [1.29, 1.82) is 0 Å². The molecule has 3 aromatic heterocycles. The minimum atomic E-state index is 0.174. The van der Waals surface area contributed by atoms with Crippen molar-refractivity contribution in [2.24, 2.45) is 0 Å². The molecule has 31 heavy (non-hydrogen) atoms. The fourth-order valence-electron chi connectivity index (χ4n) is 4.05. The fraction of sp³-hybridized carbons (Fsp3) is 0.318. The van der Waals surface area contributed by atoms with Crippen molar-refractivity contribution in [3.05, 3.63) is 78.0 Å². The van der Waals surface area contributed by atoms with Gasteiger partial charge in [-0.3, -0.25) is 4.57 Å². The zero-order valence-electron chi connectivity index (χ0n) is 16.9. The Morgan fingerprint density at radius 2 is 1.84 bits per heavy atom. The van der Waals surface area contributed by atoms with Crippen LogP contribution in [0.1, 0.15) is 43.3 Å². The van der Waals surface area contributed by atoms with E-state index in [1.54, 1.807) is 17.2 Å². The third-order valence-electron chi connectivity index (χ3n) is 5.57. The van der Waals surface area contributed by atoms with Gasteiger partial charge in [-0.05, 0) is 56.0 Å². The predicted octanol–water partition coefficient (Wildman–Crippen LogP) is 4.06. The van der Waals surface area contributed by atoms with Gasteiger partial charge in [0.25, 0.3) is 0 Å². The molecule has 0 atom stereocenters. The Bertz CT molecular complexity index is 1100. The van der Waals surface area contributed by atoms with E-state index in [0.717, 1.165) is 43.0 Å². The highest BCUT2D eigenvalue weighted by Crippen LogP contribution is 2.35. The maximum Gasteiger partial charge on any atom is 0.213 e. The van der Waals surface area contributed by atoms with E-state index in [0.29, 0.717) is 23.4 Å². The Hall–Kier alpha value is -3.26. The molecular formula is C22H22ClN7O. The molecule has 1 aliphatic carbocycles. The molecule has 0 spiro atoms. The highest BCUT2D eigenvalue weighted by atomic mass is 35.5. The van der Waals surface area contributed by atoms with Crippen LogP contribution in [0, 0.1) is 0 Å². The van der Waals surface area contributed by atoms with Crippen molar-refractivity contribution in [3.63, 3.8) is 0 Å². The van der Waals surface area contributed by atoms with Gasteiger partial charge in [0.1, 0.15) is 31.1 Å². The number of ether oxygens (including phenoxy) is 1. The molecule has 0 N–H and O–H groups in total. The summed E-state index contributed by atoms with van der Waals surface area (Å²) < 4.78 is 9.93. The van der Waals surface area contributed by atoms with E-state index in [4.69, 9.17) is 16.3 Å². The first kappa shape index (κ1) is 19.7. The number of hydrogen-bond acceptors (Lipinski definition) is 6. The van der Waals surface area contributed by atoms with E-state index in [2.05, 4.69) is 29.8 Å². The predicted molar refractivity (Wildman–Crippen MR) is 115 cm³/mol. The summed E-state index contributed by atoms with van der Waals surface area (Å²) in [4.78, 5) is 8.31. The van der Waals surface area contributed by atoms with Gasteiger partial charge in [-0.2, -0.15) is 5.10 Å². The number of nitrogens with zero attached hydrogens (tertiary/aromatic N) is 7. The molecule has 0 unspecified atom stereocenters. The number of rotatable bonds is 6. The number of pyridine rings is 1. The minimum Gasteiger partial charge on any atom is -0.474 e. The van der Waals surface area contributed by atoms with Crippen LogP contribution >= 0.6 is 11.6 Å². The van der Waals surface area contributed by atoms with Crippen LogP contribution in [0.15, 0.2) is 61.3 Å². The van der Waals surface area contributed by atoms with Crippen LogP contribution in [0.5, 0.6) is 5.88 Å². The van der Waals surface area contributed by atoms with Crippen LogP contribution in [0.3, 0.4) is 0 Å². The van der Waals surface area contributed by atoms with E-state index in [1.165, 1.54) is 6.33 Å². The van der Waals surface area contributed by atoms with Crippen molar-refractivity contribution >= 4 is 11.6 Å². The lowest BCUT2D eigenvalue weighted by Crippen LogP contribution is -2.25. The van der Waals surface area contributed by atoms with E-state index in [9.17, 15) is 0 Å². The van der Waals surface area contributed by atoms with Crippen LogP contribution in [0.25, 0.3) is 5.69 Å². The van der Waals surface area contributed by atoms with Gasteiger partial charge in [0, 0.05) is 28.9 Å². The lowest BCUT2D eigenvalue weighted by molar-refractivity contribution is 0.139. The standard InChI is InChI=1S/C22H22ClN7O/c23-17-6-8-18(9-7-17)30-20(13-29-15-24-14-26-29)27-28-22(30)16-4-10-19(11-5-16)31-21-3-1-2-12-25-21/h1-3,6-9,12,14-16,19H,4-5,10-11,13H2. The summed E-state index contributed by atoms with van der Waals surface area (Å²) in [6.07, 6.45) is 8.99. The fourth-order valence-corrected chi connectivity index (χ4v) is 4.18. The summed E-state index contributed by atoms with van der Waals surface area (Å²) in [6, 6.07) is 13.5. The molecule has 4 aromatic rings. The van der Waals surface area contributed by atoms with Crippen LogP contribution in [0.2, 0.25) is 5.02 Å². The number of hydrogen-bond donors (Lipinski definition) is 0. The smallest absolute Gasteiger partial charge is 0.213 e. The number of aromatic nitrogens is 7. The third-order valence-corrected chi connectivity index (χ3v) is 5.83. The Morgan fingerprint density at radius 1 is 1.00 bits per heavy atom. The first-order valence-corrected chi connectivity index (χ1v) is 10.7. The number of benzene rings is 1. The Kier molecular flexibility index (Phi) is 5.62. The van der Waals surface area contributed by atoms with Crippen LogP contribution in [0.4, 0.5) is 0 Å². The second kappa shape index (κ2) is 8.85. The molecule has 0 amide bonds. The lowest BCUT2D eigenvalue weighted by Gasteiger charge is -2.28. The summed E-state index contributed by atoms with van der Waals surface area (Å²) in [6.45, 7) is 0.494. The summed E-state index contributed by atoms with van der Waals surface area (Å²) >= 11 is 6.12. The zero-order valence-corrected chi connectivity index (χ0v) is 17.6. The van der Waals surface area contributed by atoms with Crippen molar-refractivity contribution in [2.45, 2.75) is 44.2 Å². The van der Waals surface area contributed by atoms with Crippen molar-refractivity contribution < 1.29 is 4.74 Å². The monoisotopic (exact) mass is 435 g/mol. The minimum absolute atomic E-state index is 0.174. The summed E-state index contributed by atoms with van der Waals surface area (Å²) in [5, 5.41) is 14.0. The molecule has 1 aromatic carbocycles. The third kappa shape index (κ3) is 4.44. The van der Waals surface area contributed by atoms with Gasteiger partial charge in [-0.1, -0.05) is 17.7 Å². The van der Waals surface area contributed by atoms with Gasteiger partial charge in [-0.15, -0.1) is 10.2 Å². The Balaban J connectivity index is 1.37. The second-order valence-electron chi connectivity index (χ2n) is 7.64. The first-order valence-electron chi connectivity index (χ1n) is 10.4. The van der Waals surface area contributed by atoms with E-state index < -0.39 is 0 Å². The van der Waals surface area contributed by atoms with Crippen LogP contribution in [-0.2, 0) is 6.54 Å². The zero-order chi connectivity index (χ0) is 21.0. The van der Waals surface area contributed by atoms with Crippen LogP contribution < -0.4 is 4.74 Å². The normalized spacial score (nSPS) is 18.7. The highest BCUT2D eigenvalue weighted by Gasteiger charge is 2.29. The molecular weight excluding hydrogens is 414 g/mol. The SMILES string of the molecule is Clc1ccc(-n2c(Cn3cncn3)nnc2C2CCC(Oc3ccccn3)CC2)cc1. The molecule has 158 valence electrons. The highest BCUT2D eigenvalue weighted by molar-refractivity contribution is 6.30. The van der Waals surface area contributed by atoms with Crippen LogP contribution in [-0.4, -0.2) is 40.6 Å². The quantitative estimate of drug-likeness (QED) is 0.454. The van der Waals surface area contributed by atoms with Gasteiger partial charge in [0.15, 0.2) is 5.82 Å². The van der Waals surface area contributed by atoms with Crippen molar-refractivity contribution in [2.75, 3.05) is 0 Å². The van der Waals surface area contributed by atoms with Crippen molar-refractivity contribution in [3.8, 4) is 11.6 Å². The van der Waals surface area contributed by atoms with Gasteiger partial charge in [0.05, 0.1) is 0 Å². The topological polar surface area (TPSA) is 83.5 Å².